The molecule has 0 spiro atoms. The molecule has 17 heavy (non-hydrogen) atoms. The average molecular weight is 235 g/mol. The van der Waals surface area contributed by atoms with Gasteiger partial charge in [-0.3, -0.25) is 0 Å². The van der Waals surface area contributed by atoms with Crippen molar-refractivity contribution in [3.05, 3.63) is 28.8 Å². The molecule has 0 amide bonds. The highest BCUT2D eigenvalue weighted by Crippen LogP contribution is 2.26. The summed E-state index contributed by atoms with van der Waals surface area (Å²) in [5, 5.41) is 0. The van der Waals surface area contributed by atoms with Gasteiger partial charge in [0.1, 0.15) is 5.75 Å². The van der Waals surface area contributed by atoms with Gasteiger partial charge >= 0.3 is 0 Å². The van der Waals surface area contributed by atoms with Crippen LogP contribution >= 0.6 is 0 Å². The summed E-state index contributed by atoms with van der Waals surface area (Å²) in [5.74, 6) is 1.00. The smallest absolute Gasteiger partial charge is 0.125 e. The second kappa shape index (κ2) is 6.65. The van der Waals surface area contributed by atoms with Crippen LogP contribution in [0.1, 0.15) is 42.9 Å². The van der Waals surface area contributed by atoms with Crippen molar-refractivity contribution in [1.82, 2.24) is 0 Å². The van der Waals surface area contributed by atoms with Gasteiger partial charge in [-0.1, -0.05) is 37.5 Å². The largest absolute Gasteiger partial charge is 0.496 e. The van der Waals surface area contributed by atoms with Gasteiger partial charge in [0.2, 0.25) is 0 Å². The molecule has 0 aliphatic rings. The van der Waals surface area contributed by atoms with Crippen molar-refractivity contribution < 1.29 is 4.74 Å². The minimum absolute atomic E-state index is 0.241. The standard InChI is InChI=1S/C15H25NO/c1-5-6-7-14(16)10-13-9-11(2)8-12(3)15(13)17-4/h8-9,14H,5-7,10,16H2,1-4H3. The fraction of sp³-hybridized carbons (Fsp3) is 0.600. The summed E-state index contributed by atoms with van der Waals surface area (Å²) in [7, 11) is 1.73. The van der Waals surface area contributed by atoms with Gasteiger partial charge in [0.15, 0.2) is 0 Å². The first-order chi connectivity index (χ1) is 8.08. The van der Waals surface area contributed by atoms with E-state index >= 15 is 0 Å². The van der Waals surface area contributed by atoms with E-state index in [2.05, 4.69) is 32.9 Å². The van der Waals surface area contributed by atoms with Crippen LogP contribution in [0, 0.1) is 13.8 Å². The van der Waals surface area contributed by atoms with Gasteiger partial charge in [-0.05, 0) is 37.8 Å². The van der Waals surface area contributed by atoms with E-state index < -0.39 is 0 Å². The predicted molar refractivity (Wildman–Crippen MR) is 73.7 cm³/mol. The van der Waals surface area contributed by atoms with E-state index in [0.29, 0.717) is 0 Å². The molecule has 0 fully saturated rings. The molecule has 2 N–H and O–H groups in total. The minimum atomic E-state index is 0.241. The molecule has 1 aromatic rings. The first-order valence-electron chi connectivity index (χ1n) is 6.48. The lowest BCUT2D eigenvalue weighted by Gasteiger charge is -2.16. The van der Waals surface area contributed by atoms with Crippen molar-refractivity contribution in [2.24, 2.45) is 5.73 Å². The maximum atomic E-state index is 6.16. The van der Waals surface area contributed by atoms with Crippen LogP contribution in [-0.4, -0.2) is 13.2 Å². The molecule has 0 aliphatic heterocycles. The second-order valence-corrected chi connectivity index (χ2v) is 4.88. The first kappa shape index (κ1) is 14.0. The van der Waals surface area contributed by atoms with Crippen molar-refractivity contribution in [3.63, 3.8) is 0 Å². The highest BCUT2D eigenvalue weighted by Gasteiger charge is 2.11. The number of rotatable bonds is 6. The summed E-state index contributed by atoms with van der Waals surface area (Å²) in [5.41, 5.74) is 9.88. The molecule has 2 heteroatoms. The number of nitrogens with two attached hydrogens (primary N) is 1. The highest BCUT2D eigenvalue weighted by molar-refractivity contribution is 5.44. The van der Waals surface area contributed by atoms with E-state index in [0.717, 1.165) is 18.6 Å². The van der Waals surface area contributed by atoms with Crippen LogP contribution in [-0.2, 0) is 6.42 Å². The Labute approximate surface area is 105 Å². The van der Waals surface area contributed by atoms with Crippen LogP contribution < -0.4 is 10.5 Å². The molecular weight excluding hydrogens is 210 g/mol. The van der Waals surface area contributed by atoms with E-state index in [-0.39, 0.29) is 6.04 Å². The second-order valence-electron chi connectivity index (χ2n) is 4.88. The zero-order valence-electron chi connectivity index (χ0n) is 11.5. The van der Waals surface area contributed by atoms with Crippen LogP contribution in [0.5, 0.6) is 5.75 Å². The fourth-order valence-electron chi connectivity index (χ4n) is 2.34. The Bertz CT molecular complexity index is 360. The van der Waals surface area contributed by atoms with Gasteiger partial charge in [0, 0.05) is 6.04 Å². The summed E-state index contributed by atoms with van der Waals surface area (Å²) in [6.45, 7) is 6.41. The van der Waals surface area contributed by atoms with Gasteiger partial charge in [-0.2, -0.15) is 0 Å². The summed E-state index contributed by atoms with van der Waals surface area (Å²) in [6.07, 6.45) is 4.41. The molecule has 1 atom stereocenters. The van der Waals surface area contributed by atoms with E-state index in [1.165, 1.54) is 29.5 Å². The molecule has 0 saturated carbocycles. The molecule has 0 heterocycles. The van der Waals surface area contributed by atoms with Crippen LogP contribution in [0.3, 0.4) is 0 Å². The number of ether oxygens (including phenoxy) is 1. The molecular formula is C15H25NO. The van der Waals surface area contributed by atoms with Gasteiger partial charge in [0.25, 0.3) is 0 Å². The topological polar surface area (TPSA) is 35.2 Å². The molecule has 0 aromatic heterocycles. The molecule has 96 valence electrons. The maximum absolute atomic E-state index is 6.16. The number of benzene rings is 1. The molecule has 0 radical (unpaired) electrons. The van der Waals surface area contributed by atoms with Crippen molar-refractivity contribution in [2.75, 3.05) is 7.11 Å². The Kier molecular flexibility index (Phi) is 5.49. The van der Waals surface area contributed by atoms with Crippen LogP contribution in [0.15, 0.2) is 12.1 Å². The van der Waals surface area contributed by atoms with Gasteiger partial charge in [-0.25, -0.2) is 0 Å². The lowest BCUT2D eigenvalue weighted by atomic mass is 9.97. The van der Waals surface area contributed by atoms with Crippen molar-refractivity contribution in [3.8, 4) is 5.75 Å². The summed E-state index contributed by atoms with van der Waals surface area (Å²) < 4.78 is 5.48. The monoisotopic (exact) mass is 235 g/mol. The number of hydrogen-bond donors (Lipinski definition) is 1. The fourth-order valence-corrected chi connectivity index (χ4v) is 2.34. The Hall–Kier alpha value is -1.02. The SMILES string of the molecule is CCCCC(N)Cc1cc(C)cc(C)c1OC. The van der Waals surface area contributed by atoms with Crippen molar-refractivity contribution >= 4 is 0 Å². The van der Waals surface area contributed by atoms with Crippen LogP contribution in [0.25, 0.3) is 0 Å². The maximum Gasteiger partial charge on any atom is 0.125 e. The molecule has 2 nitrogen and oxygen atoms in total. The van der Waals surface area contributed by atoms with E-state index in [1.807, 2.05) is 0 Å². The van der Waals surface area contributed by atoms with Gasteiger partial charge in [0.05, 0.1) is 7.11 Å². The number of unbranched alkanes of at least 4 members (excludes halogenated alkanes) is 1. The molecule has 0 aliphatic carbocycles. The highest BCUT2D eigenvalue weighted by atomic mass is 16.5. The van der Waals surface area contributed by atoms with Crippen LogP contribution in [0.4, 0.5) is 0 Å². The lowest BCUT2D eigenvalue weighted by molar-refractivity contribution is 0.403. The Morgan fingerprint density at radius 2 is 2.00 bits per heavy atom. The summed E-state index contributed by atoms with van der Waals surface area (Å²) in [4.78, 5) is 0. The summed E-state index contributed by atoms with van der Waals surface area (Å²) in [6, 6.07) is 4.59. The van der Waals surface area contributed by atoms with Crippen LogP contribution in [0.2, 0.25) is 0 Å². The Morgan fingerprint density at radius 1 is 1.29 bits per heavy atom. The Morgan fingerprint density at radius 3 is 2.59 bits per heavy atom. The van der Waals surface area contributed by atoms with E-state index in [4.69, 9.17) is 10.5 Å². The number of hydrogen-bond acceptors (Lipinski definition) is 2. The lowest BCUT2D eigenvalue weighted by Crippen LogP contribution is -2.23. The zero-order valence-corrected chi connectivity index (χ0v) is 11.5. The number of aryl methyl sites for hydroxylation is 2. The van der Waals surface area contributed by atoms with Crippen molar-refractivity contribution in [1.29, 1.82) is 0 Å². The third kappa shape index (κ3) is 4.04. The van der Waals surface area contributed by atoms with Gasteiger partial charge in [-0.15, -0.1) is 0 Å². The molecule has 1 unspecified atom stereocenters. The normalized spacial score (nSPS) is 12.5. The van der Waals surface area contributed by atoms with Crippen molar-refractivity contribution in [2.45, 2.75) is 52.5 Å². The summed E-state index contributed by atoms with van der Waals surface area (Å²) >= 11 is 0. The minimum Gasteiger partial charge on any atom is -0.496 e. The predicted octanol–water partition coefficient (Wildman–Crippen LogP) is 3.37. The number of methoxy groups -OCH3 is 1. The molecule has 1 rings (SSSR count). The average Bonchev–Trinajstić information content (AvgIpc) is 2.25. The first-order valence-corrected chi connectivity index (χ1v) is 6.48. The van der Waals surface area contributed by atoms with E-state index in [1.54, 1.807) is 7.11 Å². The third-order valence-corrected chi connectivity index (χ3v) is 3.11. The Balaban J connectivity index is 2.81. The molecule has 0 saturated heterocycles. The third-order valence-electron chi connectivity index (χ3n) is 3.11. The molecule has 1 aromatic carbocycles. The van der Waals surface area contributed by atoms with Gasteiger partial charge < -0.3 is 10.5 Å². The quantitative estimate of drug-likeness (QED) is 0.820. The zero-order chi connectivity index (χ0) is 12.8. The molecule has 0 bridgehead atoms. The van der Waals surface area contributed by atoms with E-state index in [9.17, 15) is 0 Å².